The van der Waals surface area contributed by atoms with Gasteiger partial charge in [0, 0.05) is 17.7 Å². The standard InChI is InChI=1S/C22H23N5O3/c1-12(2)27-21-15(10-24-27)14(9-16(25-21)13-7-8-13)22(29)26-11-19(20(23)28)30-18-6-4-3-5-17(18)26/h3-6,9-10,12-13,19H,7-8,11H2,1-2H3,(H2,23,28)/t19-/m1/s1. The molecule has 8 heteroatoms. The fourth-order valence-corrected chi connectivity index (χ4v) is 3.90. The van der Waals surface area contributed by atoms with Gasteiger partial charge in [0.25, 0.3) is 11.8 Å². The molecule has 0 saturated heterocycles. The van der Waals surface area contributed by atoms with E-state index in [9.17, 15) is 9.59 Å². The summed E-state index contributed by atoms with van der Waals surface area (Å²) in [5, 5.41) is 5.18. The van der Waals surface area contributed by atoms with Crippen molar-refractivity contribution in [2.24, 2.45) is 5.73 Å². The molecule has 3 heterocycles. The quantitative estimate of drug-likeness (QED) is 0.719. The Kier molecular flexibility index (Phi) is 4.23. The highest BCUT2D eigenvalue weighted by atomic mass is 16.5. The second-order valence-corrected chi connectivity index (χ2v) is 8.18. The highest BCUT2D eigenvalue weighted by Gasteiger charge is 2.35. The Labute approximate surface area is 173 Å². The van der Waals surface area contributed by atoms with Crippen LogP contribution in [0.5, 0.6) is 5.75 Å². The minimum Gasteiger partial charge on any atom is -0.477 e. The number of benzene rings is 1. The van der Waals surface area contributed by atoms with E-state index in [0.717, 1.165) is 18.5 Å². The third kappa shape index (κ3) is 2.99. The molecule has 2 N–H and O–H groups in total. The van der Waals surface area contributed by atoms with Gasteiger partial charge in [-0.25, -0.2) is 9.67 Å². The number of pyridine rings is 1. The van der Waals surface area contributed by atoms with E-state index in [1.54, 1.807) is 23.2 Å². The first kappa shape index (κ1) is 18.6. The summed E-state index contributed by atoms with van der Waals surface area (Å²) in [6, 6.07) is 9.18. The van der Waals surface area contributed by atoms with Crippen LogP contribution in [-0.4, -0.2) is 39.2 Å². The summed E-state index contributed by atoms with van der Waals surface area (Å²) in [6.45, 7) is 4.14. The van der Waals surface area contributed by atoms with Crippen molar-refractivity contribution in [1.82, 2.24) is 14.8 Å². The van der Waals surface area contributed by atoms with Gasteiger partial charge >= 0.3 is 0 Å². The predicted molar refractivity (Wildman–Crippen MR) is 112 cm³/mol. The number of hydrogen-bond acceptors (Lipinski definition) is 5. The lowest BCUT2D eigenvalue weighted by Gasteiger charge is -2.33. The van der Waals surface area contributed by atoms with Gasteiger partial charge in [-0.05, 0) is 44.9 Å². The van der Waals surface area contributed by atoms with Crippen LogP contribution in [0.2, 0.25) is 0 Å². The number of carbonyl (C=O) groups is 2. The van der Waals surface area contributed by atoms with E-state index in [4.69, 9.17) is 15.5 Å². The number of ether oxygens (including phenoxy) is 1. The molecule has 1 atom stereocenters. The van der Waals surface area contributed by atoms with Gasteiger partial charge in [-0.3, -0.25) is 9.59 Å². The number of rotatable bonds is 4. The summed E-state index contributed by atoms with van der Waals surface area (Å²) >= 11 is 0. The van der Waals surface area contributed by atoms with Crippen LogP contribution in [0.3, 0.4) is 0 Å². The van der Waals surface area contributed by atoms with Crippen LogP contribution in [0.1, 0.15) is 54.7 Å². The predicted octanol–water partition coefficient (Wildman–Crippen LogP) is 2.78. The van der Waals surface area contributed by atoms with Gasteiger partial charge in [-0.2, -0.15) is 5.10 Å². The first-order chi connectivity index (χ1) is 14.4. The van der Waals surface area contributed by atoms with Gasteiger partial charge in [0.05, 0.1) is 29.4 Å². The summed E-state index contributed by atoms with van der Waals surface area (Å²) in [6.07, 6.45) is 2.95. The zero-order valence-electron chi connectivity index (χ0n) is 16.9. The fraction of sp³-hybridized carbons (Fsp3) is 0.364. The third-order valence-electron chi connectivity index (χ3n) is 5.64. The van der Waals surface area contributed by atoms with E-state index < -0.39 is 12.0 Å². The molecule has 1 aliphatic heterocycles. The Morgan fingerprint density at radius 3 is 2.70 bits per heavy atom. The maximum atomic E-state index is 13.8. The molecule has 0 unspecified atom stereocenters. The van der Waals surface area contributed by atoms with Gasteiger partial charge in [0.1, 0.15) is 5.75 Å². The molecule has 8 nitrogen and oxygen atoms in total. The van der Waals surface area contributed by atoms with Crippen molar-refractivity contribution in [3.05, 3.63) is 47.8 Å². The number of anilines is 1. The van der Waals surface area contributed by atoms with Crippen molar-refractivity contribution in [1.29, 1.82) is 0 Å². The Morgan fingerprint density at radius 1 is 1.23 bits per heavy atom. The molecule has 1 aliphatic carbocycles. The molecule has 2 aromatic heterocycles. The number of nitrogens with two attached hydrogens (primary N) is 1. The van der Waals surface area contributed by atoms with Gasteiger partial charge in [0.2, 0.25) is 0 Å². The van der Waals surface area contributed by atoms with Gasteiger partial charge in [0.15, 0.2) is 11.8 Å². The van der Waals surface area contributed by atoms with E-state index in [1.165, 1.54) is 0 Å². The van der Waals surface area contributed by atoms with E-state index in [-0.39, 0.29) is 18.5 Å². The fourth-order valence-electron chi connectivity index (χ4n) is 3.90. The number of amides is 2. The molecular formula is C22H23N5O3. The Morgan fingerprint density at radius 2 is 2.00 bits per heavy atom. The monoisotopic (exact) mass is 405 g/mol. The summed E-state index contributed by atoms with van der Waals surface area (Å²) in [4.78, 5) is 32.0. The van der Waals surface area contributed by atoms with Crippen molar-refractivity contribution in [3.8, 4) is 5.75 Å². The van der Waals surface area contributed by atoms with Crippen LogP contribution < -0.4 is 15.4 Å². The van der Waals surface area contributed by atoms with Crippen LogP contribution in [0.4, 0.5) is 5.69 Å². The highest BCUT2D eigenvalue weighted by molar-refractivity contribution is 6.14. The topological polar surface area (TPSA) is 103 Å². The lowest BCUT2D eigenvalue weighted by Crippen LogP contribution is -2.49. The largest absolute Gasteiger partial charge is 0.477 e. The minimum atomic E-state index is -0.900. The van der Waals surface area contributed by atoms with E-state index >= 15 is 0 Å². The molecular weight excluding hydrogens is 382 g/mol. The van der Waals surface area contributed by atoms with Crippen LogP contribution in [0.15, 0.2) is 36.5 Å². The SMILES string of the molecule is CC(C)n1ncc2c(C(=O)N3C[C@H](C(N)=O)Oc4ccccc43)cc(C3CC3)nc21. The average Bonchev–Trinajstić information content (AvgIpc) is 3.50. The molecule has 1 saturated carbocycles. The number of aromatic nitrogens is 3. The first-order valence-electron chi connectivity index (χ1n) is 10.2. The second kappa shape index (κ2) is 6.83. The van der Waals surface area contributed by atoms with Crippen molar-refractivity contribution < 1.29 is 14.3 Å². The molecule has 3 aromatic rings. The highest BCUT2D eigenvalue weighted by Crippen LogP contribution is 2.41. The molecule has 5 rings (SSSR count). The van der Waals surface area contributed by atoms with Crippen LogP contribution in [0.25, 0.3) is 11.0 Å². The number of carbonyl (C=O) groups excluding carboxylic acids is 2. The Balaban J connectivity index is 1.65. The summed E-state index contributed by atoms with van der Waals surface area (Å²) in [7, 11) is 0. The lowest BCUT2D eigenvalue weighted by atomic mass is 10.1. The van der Waals surface area contributed by atoms with Crippen LogP contribution >= 0.6 is 0 Å². The summed E-state index contributed by atoms with van der Waals surface area (Å²) < 4.78 is 7.55. The van der Waals surface area contributed by atoms with E-state index in [1.807, 2.05) is 36.7 Å². The molecule has 1 aromatic carbocycles. The molecule has 0 spiro atoms. The zero-order chi connectivity index (χ0) is 21.0. The normalized spacial score (nSPS) is 18.4. The smallest absolute Gasteiger partial charge is 0.260 e. The number of fused-ring (bicyclic) bond motifs is 2. The van der Waals surface area contributed by atoms with Gasteiger partial charge < -0.3 is 15.4 Å². The average molecular weight is 405 g/mol. The van der Waals surface area contributed by atoms with Crippen molar-refractivity contribution in [2.75, 3.05) is 11.4 Å². The maximum Gasteiger partial charge on any atom is 0.260 e. The molecule has 0 radical (unpaired) electrons. The molecule has 2 amide bonds. The first-order valence-corrected chi connectivity index (χ1v) is 10.2. The lowest BCUT2D eigenvalue weighted by molar-refractivity contribution is -0.124. The van der Waals surface area contributed by atoms with Crippen molar-refractivity contribution in [3.63, 3.8) is 0 Å². The van der Waals surface area contributed by atoms with Gasteiger partial charge in [-0.15, -0.1) is 0 Å². The van der Waals surface area contributed by atoms with Crippen molar-refractivity contribution >= 4 is 28.5 Å². The number of para-hydroxylation sites is 2. The minimum absolute atomic E-state index is 0.0616. The van der Waals surface area contributed by atoms with Gasteiger partial charge in [-0.1, -0.05) is 12.1 Å². The third-order valence-corrected chi connectivity index (χ3v) is 5.64. The molecule has 1 fully saturated rings. The molecule has 0 bridgehead atoms. The summed E-state index contributed by atoms with van der Waals surface area (Å²) in [5.74, 6) is 0.0291. The number of hydrogen-bond donors (Lipinski definition) is 1. The number of primary amides is 1. The molecule has 2 aliphatic rings. The zero-order valence-corrected chi connectivity index (χ0v) is 16.9. The Bertz CT molecular complexity index is 1160. The number of nitrogens with zero attached hydrogens (tertiary/aromatic N) is 4. The van der Waals surface area contributed by atoms with E-state index in [2.05, 4.69) is 5.10 Å². The van der Waals surface area contributed by atoms with Crippen molar-refractivity contribution in [2.45, 2.75) is 44.8 Å². The van der Waals surface area contributed by atoms with E-state index in [0.29, 0.717) is 34.0 Å². The van der Waals surface area contributed by atoms with Crippen LogP contribution in [0, 0.1) is 0 Å². The molecule has 154 valence electrons. The van der Waals surface area contributed by atoms with Crippen LogP contribution in [-0.2, 0) is 4.79 Å². The maximum absolute atomic E-state index is 13.8. The molecule has 30 heavy (non-hydrogen) atoms. The second-order valence-electron chi connectivity index (χ2n) is 8.18. The summed E-state index contributed by atoms with van der Waals surface area (Å²) in [5.41, 5.74) is 8.29. The Hall–Kier alpha value is -3.42.